The van der Waals surface area contributed by atoms with Gasteiger partial charge in [-0.25, -0.2) is 0 Å². The van der Waals surface area contributed by atoms with Gasteiger partial charge in [0.05, 0.1) is 0 Å². The molecule has 0 fully saturated rings. The molecule has 14 heavy (non-hydrogen) atoms. The molecular formula is C13H19N. The molecule has 1 nitrogen and oxygen atoms in total. The van der Waals surface area contributed by atoms with E-state index < -0.39 is 0 Å². The van der Waals surface area contributed by atoms with Gasteiger partial charge in [0, 0.05) is 6.04 Å². The molecule has 1 aromatic rings. The standard InChI is InChI=1S/C13H19N/c1-5-8-12-9-6-7-10-13(12)11(2)14(3)4/h5-7,9-11H,1,8H2,2-4H3. The highest BCUT2D eigenvalue weighted by Crippen LogP contribution is 2.21. The van der Waals surface area contributed by atoms with Gasteiger partial charge in [-0.3, -0.25) is 0 Å². The van der Waals surface area contributed by atoms with E-state index in [-0.39, 0.29) is 0 Å². The zero-order chi connectivity index (χ0) is 10.6. The maximum absolute atomic E-state index is 3.79. The molecule has 0 saturated carbocycles. The summed E-state index contributed by atoms with van der Waals surface area (Å²) in [6.45, 7) is 6.01. The lowest BCUT2D eigenvalue weighted by Crippen LogP contribution is -2.18. The zero-order valence-corrected chi connectivity index (χ0v) is 9.33. The minimum atomic E-state index is 0.464. The van der Waals surface area contributed by atoms with Gasteiger partial charge in [-0.2, -0.15) is 0 Å². The SMILES string of the molecule is C=CCc1ccccc1C(C)N(C)C. The number of hydrogen-bond acceptors (Lipinski definition) is 1. The summed E-state index contributed by atoms with van der Waals surface area (Å²) < 4.78 is 0. The average Bonchev–Trinajstić information content (AvgIpc) is 2.18. The van der Waals surface area contributed by atoms with Crippen molar-refractivity contribution in [2.24, 2.45) is 0 Å². The van der Waals surface area contributed by atoms with Crippen molar-refractivity contribution < 1.29 is 0 Å². The molecular weight excluding hydrogens is 170 g/mol. The van der Waals surface area contributed by atoms with Crippen LogP contribution in [0.1, 0.15) is 24.1 Å². The van der Waals surface area contributed by atoms with Gasteiger partial charge in [0.1, 0.15) is 0 Å². The van der Waals surface area contributed by atoms with E-state index >= 15 is 0 Å². The lowest BCUT2D eigenvalue weighted by atomic mass is 9.98. The van der Waals surface area contributed by atoms with Gasteiger partial charge >= 0.3 is 0 Å². The Labute approximate surface area is 87.1 Å². The summed E-state index contributed by atoms with van der Waals surface area (Å²) >= 11 is 0. The maximum Gasteiger partial charge on any atom is 0.0316 e. The van der Waals surface area contributed by atoms with Crippen LogP contribution in [0.25, 0.3) is 0 Å². The van der Waals surface area contributed by atoms with Gasteiger partial charge in [-0.15, -0.1) is 6.58 Å². The fraction of sp³-hybridized carbons (Fsp3) is 0.385. The third kappa shape index (κ3) is 2.46. The van der Waals surface area contributed by atoms with Gasteiger partial charge < -0.3 is 4.90 Å². The molecule has 0 N–H and O–H groups in total. The van der Waals surface area contributed by atoms with Gasteiger partial charge in [0.2, 0.25) is 0 Å². The molecule has 0 spiro atoms. The molecule has 0 aliphatic rings. The second-order valence-electron chi connectivity index (χ2n) is 3.83. The maximum atomic E-state index is 3.79. The van der Waals surface area contributed by atoms with Crippen LogP contribution in [0.4, 0.5) is 0 Å². The highest BCUT2D eigenvalue weighted by molar-refractivity contribution is 5.31. The third-order valence-corrected chi connectivity index (χ3v) is 2.64. The van der Waals surface area contributed by atoms with Crippen LogP contribution < -0.4 is 0 Å². The van der Waals surface area contributed by atoms with E-state index in [1.165, 1.54) is 11.1 Å². The summed E-state index contributed by atoms with van der Waals surface area (Å²) in [5.74, 6) is 0. The van der Waals surface area contributed by atoms with Crippen LogP contribution in [-0.4, -0.2) is 19.0 Å². The van der Waals surface area contributed by atoms with Gasteiger partial charge in [0.25, 0.3) is 0 Å². The average molecular weight is 189 g/mol. The minimum Gasteiger partial charge on any atom is -0.303 e. The number of allylic oxidation sites excluding steroid dienone is 1. The predicted molar refractivity (Wildman–Crippen MR) is 62.4 cm³/mol. The minimum absolute atomic E-state index is 0.464. The molecule has 0 aliphatic carbocycles. The lowest BCUT2D eigenvalue weighted by molar-refractivity contribution is 0.320. The predicted octanol–water partition coefficient (Wildman–Crippen LogP) is 3.04. The highest BCUT2D eigenvalue weighted by atomic mass is 15.1. The van der Waals surface area contributed by atoms with E-state index in [2.05, 4.69) is 56.8 Å². The van der Waals surface area contributed by atoms with Crippen LogP contribution >= 0.6 is 0 Å². The molecule has 0 amide bonds. The van der Waals surface area contributed by atoms with Crippen molar-refractivity contribution in [3.05, 3.63) is 48.0 Å². The molecule has 1 unspecified atom stereocenters. The first-order valence-corrected chi connectivity index (χ1v) is 5.02. The largest absolute Gasteiger partial charge is 0.303 e. The third-order valence-electron chi connectivity index (χ3n) is 2.64. The van der Waals surface area contributed by atoms with Crippen LogP contribution in [0.2, 0.25) is 0 Å². The molecule has 0 saturated heterocycles. The zero-order valence-electron chi connectivity index (χ0n) is 9.33. The smallest absolute Gasteiger partial charge is 0.0316 e. The van der Waals surface area contributed by atoms with E-state index in [0.29, 0.717) is 6.04 Å². The molecule has 1 atom stereocenters. The summed E-state index contributed by atoms with van der Waals surface area (Å²) in [4.78, 5) is 2.22. The summed E-state index contributed by atoms with van der Waals surface area (Å²) in [6, 6.07) is 9.03. The molecule has 0 bridgehead atoms. The fourth-order valence-electron chi connectivity index (χ4n) is 1.56. The van der Waals surface area contributed by atoms with Crippen molar-refractivity contribution in [3.8, 4) is 0 Å². The van der Waals surface area contributed by atoms with Crippen molar-refractivity contribution in [2.75, 3.05) is 14.1 Å². The molecule has 1 heteroatoms. The molecule has 0 aromatic heterocycles. The topological polar surface area (TPSA) is 3.24 Å². The first-order valence-electron chi connectivity index (χ1n) is 5.02. The Morgan fingerprint density at radius 1 is 1.36 bits per heavy atom. The number of hydrogen-bond donors (Lipinski definition) is 0. The van der Waals surface area contributed by atoms with E-state index in [1.54, 1.807) is 0 Å². The Balaban J connectivity index is 2.99. The fourth-order valence-corrected chi connectivity index (χ4v) is 1.56. The van der Waals surface area contributed by atoms with Crippen molar-refractivity contribution >= 4 is 0 Å². The van der Waals surface area contributed by atoms with Gasteiger partial charge in [0.15, 0.2) is 0 Å². The Morgan fingerprint density at radius 3 is 2.57 bits per heavy atom. The second kappa shape index (κ2) is 4.97. The quantitative estimate of drug-likeness (QED) is 0.658. The number of rotatable bonds is 4. The Hall–Kier alpha value is -1.08. The highest BCUT2D eigenvalue weighted by Gasteiger charge is 2.10. The lowest BCUT2D eigenvalue weighted by Gasteiger charge is -2.22. The molecule has 1 aromatic carbocycles. The van der Waals surface area contributed by atoms with Crippen LogP contribution in [0.3, 0.4) is 0 Å². The molecule has 0 heterocycles. The molecule has 0 radical (unpaired) electrons. The van der Waals surface area contributed by atoms with Crippen molar-refractivity contribution in [3.63, 3.8) is 0 Å². The van der Waals surface area contributed by atoms with Gasteiger partial charge in [-0.05, 0) is 38.6 Å². The van der Waals surface area contributed by atoms with Crippen LogP contribution in [-0.2, 0) is 6.42 Å². The van der Waals surface area contributed by atoms with E-state index in [1.807, 2.05) is 6.08 Å². The number of nitrogens with zero attached hydrogens (tertiary/aromatic N) is 1. The molecule has 1 rings (SSSR count). The Kier molecular flexibility index (Phi) is 3.90. The first-order chi connectivity index (χ1) is 6.66. The van der Waals surface area contributed by atoms with E-state index in [0.717, 1.165) is 6.42 Å². The summed E-state index contributed by atoms with van der Waals surface area (Å²) in [5, 5.41) is 0. The first kappa shape index (κ1) is 11.0. The van der Waals surface area contributed by atoms with Crippen LogP contribution in [0.5, 0.6) is 0 Å². The van der Waals surface area contributed by atoms with E-state index in [9.17, 15) is 0 Å². The Bertz CT molecular complexity index is 302. The van der Waals surface area contributed by atoms with Gasteiger partial charge in [-0.1, -0.05) is 30.3 Å². The van der Waals surface area contributed by atoms with Crippen molar-refractivity contribution in [1.82, 2.24) is 4.90 Å². The van der Waals surface area contributed by atoms with Crippen LogP contribution in [0.15, 0.2) is 36.9 Å². The number of benzene rings is 1. The van der Waals surface area contributed by atoms with Crippen molar-refractivity contribution in [1.29, 1.82) is 0 Å². The van der Waals surface area contributed by atoms with Crippen LogP contribution in [0, 0.1) is 0 Å². The van der Waals surface area contributed by atoms with Crippen molar-refractivity contribution in [2.45, 2.75) is 19.4 Å². The molecule has 76 valence electrons. The molecule has 0 aliphatic heterocycles. The normalized spacial score (nSPS) is 12.9. The second-order valence-corrected chi connectivity index (χ2v) is 3.83. The summed E-state index contributed by atoms with van der Waals surface area (Å²) in [5.41, 5.74) is 2.78. The summed E-state index contributed by atoms with van der Waals surface area (Å²) in [7, 11) is 4.21. The Morgan fingerprint density at radius 2 is 2.00 bits per heavy atom. The van der Waals surface area contributed by atoms with E-state index in [4.69, 9.17) is 0 Å². The summed E-state index contributed by atoms with van der Waals surface area (Å²) in [6.07, 6.45) is 2.91. The monoisotopic (exact) mass is 189 g/mol.